The van der Waals surface area contributed by atoms with Gasteiger partial charge in [-0.05, 0) is 94.8 Å². The Morgan fingerprint density at radius 2 is 1.02 bits per heavy atom. The van der Waals surface area contributed by atoms with Crippen molar-refractivity contribution in [2.24, 2.45) is 0 Å². The average Bonchev–Trinajstić information content (AvgIpc) is 3.04. The van der Waals surface area contributed by atoms with Crippen LogP contribution in [0.15, 0.2) is 117 Å². The molecule has 0 radical (unpaired) electrons. The van der Waals surface area contributed by atoms with Gasteiger partial charge in [-0.2, -0.15) is 0 Å². The number of hydrogen-bond donors (Lipinski definition) is 0. The summed E-state index contributed by atoms with van der Waals surface area (Å²) in [5, 5.41) is 0.00101. The molecule has 0 N–H and O–H groups in total. The molecule has 11 heteroatoms. The zero-order valence-electron chi connectivity index (χ0n) is 25.4. The van der Waals surface area contributed by atoms with Gasteiger partial charge < -0.3 is 14.0 Å². The Kier molecular flexibility index (Phi) is 13.7. The highest BCUT2D eigenvalue weighted by atomic mass is 32.2. The first-order valence-electron chi connectivity index (χ1n) is 13.9. The molecule has 0 saturated heterocycles. The van der Waals surface area contributed by atoms with Crippen LogP contribution in [-0.2, 0) is 21.4 Å². The van der Waals surface area contributed by atoms with Gasteiger partial charge in [0.15, 0.2) is 0 Å². The van der Waals surface area contributed by atoms with Crippen LogP contribution in [0.4, 0.5) is 9.59 Å². The molecule has 0 unspecified atom stereocenters. The van der Waals surface area contributed by atoms with E-state index in [0.29, 0.717) is 11.3 Å². The second-order valence-electron chi connectivity index (χ2n) is 10.2. The molecule has 45 heavy (non-hydrogen) atoms. The molecule has 4 rings (SSSR count). The molecule has 0 aliphatic carbocycles. The Balaban J connectivity index is 1.41. The van der Waals surface area contributed by atoms with Crippen LogP contribution >= 0.6 is 59.1 Å². The number of rotatable bonds is 12. The summed E-state index contributed by atoms with van der Waals surface area (Å²) in [5.41, 5.74) is 3.92. The lowest BCUT2D eigenvalue weighted by Gasteiger charge is -2.11. The van der Waals surface area contributed by atoms with Crippen molar-refractivity contribution in [1.29, 1.82) is 0 Å². The molecule has 0 bridgehead atoms. The highest BCUT2D eigenvalue weighted by Crippen LogP contribution is 2.33. The highest BCUT2D eigenvalue weighted by Gasteiger charge is 2.11. The normalized spacial score (nSPS) is 10.8. The average molecular weight is 695 g/mol. The first-order chi connectivity index (χ1) is 21.7. The molecule has 0 aliphatic rings. The standard InChI is InChI=1S/C34H34N2O4S5/c1-35(2)33(38)44-28-14-10-24(11-15-28)21-41-30-18-26(23-43-40-32(37)27-8-6-5-7-9-27)19-31(20-30)42-22-25-12-16-29(17-13-25)45-34(39)36(3)4/h5-20H,21-23H2,1-4H3. The monoisotopic (exact) mass is 694 g/mol. The quantitative estimate of drug-likeness (QED) is 0.107. The van der Waals surface area contributed by atoms with Crippen LogP contribution in [0.1, 0.15) is 27.0 Å². The first kappa shape index (κ1) is 34.9. The third kappa shape index (κ3) is 11.7. The summed E-state index contributed by atoms with van der Waals surface area (Å²) < 4.78 is 5.48. The number of hydrogen-bond acceptors (Lipinski definition) is 9. The molecule has 0 saturated carbocycles. The van der Waals surface area contributed by atoms with Crippen molar-refractivity contribution in [3.05, 3.63) is 119 Å². The fourth-order valence-corrected chi connectivity index (χ4v) is 7.57. The second-order valence-corrected chi connectivity index (χ2v) is 15.0. The Hall–Kier alpha value is -2.96. The van der Waals surface area contributed by atoms with Gasteiger partial charge in [0.25, 0.3) is 10.5 Å². The first-order valence-corrected chi connectivity index (χ1v) is 18.4. The van der Waals surface area contributed by atoms with E-state index in [-0.39, 0.29) is 16.4 Å². The number of carbonyl (C=O) groups is 3. The number of benzene rings is 4. The predicted molar refractivity (Wildman–Crippen MR) is 191 cm³/mol. The van der Waals surface area contributed by atoms with Crippen molar-refractivity contribution in [1.82, 2.24) is 9.80 Å². The fourth-order valence-electron chi connectivity index (χ4n) is 3.68. The summed E-state index contributed by atoms with van der Waals surface area (Å²) >= 11 is 7.06. The Morgan fingerprint density at radius 3 is 1.47 bits per heavy atom. The summed E-state index contributed by atoms with van der Waals surface area (Å²) in [6.45, 7) is 0. The molecule has 0 spiro atoms. The zero-order chi connectivity index (χ0) is 32.2. The van der Waals surface area contributed by atoms with Crippen molar-refractivity contribution in [2.45, 2.75) is 36.8 Å². The Morgan fingerprint density at radius 1 is 0.556 bits per heavy atom. The van der Waals surface area contributed by atoms with Crippen molar-refractivity contribution in [3.63, 3.8) is 0 Å². The van der Waals surface area contributed by atoms with Crippen LogP contribution in [-0.4, -0.2) is 54.4 Å². The van der Waals surface area contributed by atoms with Crippen LogP contribution in [0.3, 0.4) is 0 Å². The van der Waals surface area contributed by atoms with Crippen LogP contribution in [0, 0.1) is 0 Å². The maximum Gasteiger partial charge on any atom is 0.350 e. The minimum Gasteiger partial charge on any atom is -0.387 e. The molecule has 0 fully saturated rings. The van der Waals surface area contributed by atoms with Crippen molar-refractivity contribution >= 4 is 75.5 Å². The van der Waals surface area contributed by atoms with Crippen LogP contribution in [0.2, 0.25) is 0 Å². The zero-order valence-corrected chi connectivity index (χ0v) is 29.5. The van der Waals surface area contributed by atoms with E-state index in [0.717, 1.165) is 59.8 Å². The van der Waals surface area contributed by atoms with Gasteiger partial charge in [-0.15, -0.1) is 23.5 Å². The van der Waals surface area contributed by atoms with E-state index in [9.17, 15) is 14.4 Å². The van der Waals surface area contributed by atoms with Crippen molar-refractivity contribution < 1.29 is 18.6 Å². The molecule has 4 aromatic carbocycles. The van der Waals surface area contributed by atoms with E-state index in [4.69, 9.17) is 4.18 Å². The topological polar surface area (TPSA) is 66.9 Å². The Bertz CT molecular complexity index is 1490. The summed E-state index contributed by atoms with van der Waals surface area (Å²) in [7, 11) is 6.99. The predicted octanol–water partition coefficient (Wildman–Crippen LogP) is 9.82. The van der Waals surface area contributed by atoms with Gasteiger partial charge in [0.2, 0.25) is 0 Å². The Labute approximate surface area is 286 Å². The lowest BCUT2D eigenvalue weighted by molar-refractivity contribution is 0.0768. The minimum atomic E-state index is -0.358. The summed E-state index contributed by atoms with van der Waals surface area (Å²) in [6.07, 6.45) is 0. The molecular formula is C34H34N2O4S5. The van der Waals surface area contributed by atoms with Gasteiger partial charge in [0.1, 0.15) is 0 Å². The number of thioether (sulfide) groups is 4. The highest BCUT2D eigenvalue weighted by molar-refractivity contribution is 8.13. The maximum atomic E-state index is 12.4. The van der Waals surface area contributed by atoms with Gasteiger partial charge in [-0.3, -0.25) is 9.59 Å². The SMILES string of the molecule is CN(C)C(=O)Sc1ccc(CSc2cc(CSOC(=O)c3ccccc3)cc(SCc3ccc(SC(=O)N(C)C)cc3)c2)cc1. The lowest BCUT2D eigenvalue weighted by Crippen LogP contribution is -2.15. The molecule has 0 atom stereocenters. The van der Waals surface area contributed by atoms with Crippen LogP contribution < -0.4 is 0 Å². The largest absolute Gasteiger partial charge is 0.387 e. The van der Waals surface area contributed by atoms with Crippen LogP contribution in [0.25, 0.3) is 0 Å². The van der Waals surface area contributed by atoms with E-state index in [2.05, 4.69) is 42.5 Å². The van der Waals surface area contributed by atoms with Gasteiger partial charge in [-0.1, -0.05) is 42.5 Å². The maximum absolute atomic E-state index is 12.4. The van der Waals surface area contributed by atoms with E-state index in [1.807, 2.05) is 42.5 Å². The summed E-state index contributed by atoms with van der Waals surface area (Å²) in [6, 6.07) is 31.6. The lowest BCUT2D eigenvalue weighted by atomic mass is 10.2. The molecule has 0 aliphatic heterocycles. The van der Waals surface area contributed by atoms with Gasteiger partial charge in [0, 0.05) is 59.3 Å². The molecule has 6 nitrogen and oxygen atoms in total. The molecule has 2 amide bonds. The van der Waals surface area contributed by atoms with Crippen LogP contribution in [0.5, 0.6) is 0 Å². The number of amides is 2. The fraction of sp³-hybridized carbons (Fsp3) is 0.206. The molecule has 0 aromatic heterocycles. The number of nitrogens with zero attached hydrogens (tertiary/aromatic N) is 2. The second kappa shape index (κ2) is 17.7. The van der Waals surface area contributed by atoms with Gasteiger partial charge >= 0.3 is 5.97 Å². The molecule has 0 heterocycles. The number of carbonyl (C=O) groups excluding carboxylic acids is 3. The molecule has 4 aromatic rings. The van der Waals surface area contributed by atoms with Gasteiger partial charge in [-0.25, -0.2) is 4.79 Å². The van der Waals surface area contributed by atoms with Crippen molar-refractivity contribution in [2.75, 3.05) is 28.2 Å². The van der Waals surface area contributed by atoms with E-state index < -0.39 is 0 Å². The summed E-state index contributed by atoms with van der Waals surface area (Å²) in [5.74, 6) is 1.73. The van der Waals surface area contributed by atoms with E-state index in [1.54, 1.807) is 73.6 Å². The van der Waals surface area contributed by atoms with E-state index in [1.165, 1.54) is 23.5 Å². The third-order valence-electron chi connectivity index (χ3n) is 6.11. The molecule has 234 valence electrons. The minimum absolute atomic E-state index is 0.000507. The summed E-state index contributed by atoms with van der Waals surface area (Å²) in [4.78, 5) is 43.7. The smallest absolute Gasteiger partial charge is 0.350 e. The third-order valence-corrected chi connectivity index (χ3v) is 11.0. The van der Waals surface area contributed by atoms with E-state index >= 15 is 0 Å². The van der Waals surface area contributed by atoms with Gasteiger partial charge in [0.05, 0.1) is 23.4 Å². The molecular weight excluding hydrogens is 661 g/mol. The van der Waals surface area contributed by atoms with Crippen molar-refractivity contribution in [3.8, 4) is 0 Å².